The third-order valence-electron chi connectivity index (χ3n) is 3.41. The molecule has 0 radical (unpaired) electrons. The van der Waals surface area contributed by atoms with E-state index in [0.717, 1.165) is 0 Å². The fourth-order valence-corrected chi connectivity index (χ4v) is 2.18. The van der Waals surface area contributed by atoms with Crippen molar-refractivity contribution in [1.29, 1.82) is 0 Å². The Kier molecular flexibility index (Phi) is 5.28. The fraction of sp³-hybridized carbons (Fsp3) is 0.105. The van der Waals surface area contributed by atoms with Crippen LogP contribution in [0.2, 0.25) is 0 Å². The van der Waals surface area contributed by atoms with Crippen LogP contribution in [0.1, 0.15) is 16.1 Å². The molecule has 0 aliphatic carbocycles. The number of aryl methyl sites for hydroxylation is 1. The molecule has 7 nitrogen and oxygen atoms in total. The molecule has 2 amide bonds. The smallest absolute Gasteiger partial charge is 0.263 e. The Hall–Kier alpha value is -3.61. The minimum atomic E-state index is -0.347. The monoisotopic (exact) mass is 351 g/mol. The summed E-state index contributed by atoms with van der Waals surface area (Å²) in [7, 11) is 0. The molecule has 0 spiro atoms. The number of benzene rings is 2. The highest BCUT2D eigenvalue weighted by molar-refractivity contribution is 6.04. The normalized spacial score (nSPS) is 10.2. The second kappa shape index (κ2) is 7.98. The van der Waals surface area contributed by atoms with Gasteiger partial charge >= 0.3 is 0 Å². The van der Waals surface area contributed by atoms with E-state index in [1.807, 2.05) is 6.07 Å². The van der Waals surface area contributed by atoms with Crippen molar-refractivity contribution in [3.8, 4) is 5.75 Å². The Morgan fingerprint density at radius 1 is 1.04 bits per heavy atom. The first kappa shape index (κ1) is 17.2. The van der Waals surface area contributed by atoms with Gasteiger partial charge in [-0.05, 0) is 43.3 Å². The number of nitrogens with one attached hydrogen (secondary N) is 2. The van der Waals surface area contributed by atoms with Gasteiger partial charge in [0.25, 0.3) is 11.8 Å². The summed E-state index contributed by atoms with van der Waals surface area (Å²) in [5, 5.41) is 9.03. The molecule has 0 fully saturated rings. The predicted molar refractivity (Wildman–Crippen MR) is 96.2 cm³/mol. The van der Waals surface area contributed by atoms with Gasteiger partial charge in [-0.25, -0.2) is 0 Å². The molecule has 2 N–H and O–H groups in total. The number of ether oxygens (including phenoxy) is 1. The predicted octanol–water partition coefficient (Wildman–Crippen LogP) is 3.25. The second-order valence-corrected chi connectivity index (χ2v) is 5.50. The van der Waals surface area contributed by atoms with Crippen LogP contribution < -0.4 is 15.4 Å². The molecule has 7 heteroatoms. The number of hydrogen-bond donors (Lipinski definition) is 2. The minimum Gasteiger partial charge on any atom is -0.484 e. The second-order valence-electron chi connectivity index (χ2n) is 5.50. The maximum Gasteiger partial charge on any atom is 0.263 e. The molecule has 0 aliphatic heterocycles. The molecule has 1 aromatic heterocycles. The van der Waals surface area contributed by atoms with E-state index in [2.05, 4.69) is 15.8 Å². The van der Waals surface area contributed by atoms with Gasteiger partial charge in [0.2, 0.25) is 0 Å². The first-order chi connectivity index (χ1) is 12.6. The van der Waals surface area contributed by atoms with Crippen molar-refractivity contribution in [2.45, 2.75) is 6.92 Å². The molecule has 0 bridgehead atoms. The van der Waals surface area contributed by atoms with E-state index >= 15 is 0 Å². The molecule has 3 rings (SSSR count). The van der Waals surface area contributed by atoms with Crippen molar-refractivity contribution in [2.24, 2.45) is 0 Å². The van der Waals surface area contributed by atoms with Crippen LogP contribution in [0.25, 0.3) is 0 Å². The van der Waals surface area contributed by atoms with E-state index in [0.29, 0.717) is 28.6 Å². The lowest BCUT2D eigenvalue weighted by atomic mass is 10.2. The molecular formula is C19H17N3O4. The molecular weight excluding hydrogens is 334 g/mol. The highest BCUT2D eigenvalue weighted by Crippen LogP contribution is 2.16. The zero-order valence-electron chi connectivity index (χ0n) is 14.1. The van der Waals surface area contributed by atoms with Gasteiger partial charge in [0.05, 0.1) is 0 Å². The van der Waals surface area contributed by atoms with Gasteiger partial charge < -0.3 is 19.9 Å². The van der Waals surface area contributed by atoms with Gasteiger partial charge in [-0.2, -0.15) is 0 Å². The molecule has 0 saturated heterocycles. The van der Waals surface area contributed by atoms with E-state index in [1.165, 1.54) is 0 Å². The molecule has 0 unspecified atom stereocenters. The molecule has 3 aromatic rings. The Morgan fingerprint density at radius 2 is 1.77 bits per heavy atom. The zero-order valence-corrected chi connectivity index (χ0v) is 14.1. The molecule has 26 heavy (non-hydrogen) atoms. The number of rotatable bonds is 6. The van der Waals surface area contributed by atoms with Gasteiger partial charge in [-0.3, -0.25) is 9.59 Å². The van der Waals surface area contributed by atoms with Crippen molar-refractivity contribution in [3.63, 3.8) is 0 Å². The number of carbonyl (C=O) groups excluding carboxylic acids is 2. The van der Waals surface area contributed by atoms with Crippen LogP contribution in [0, 0.1) is 6.92 Å². The highest BCUT2D eigenvalue weighted by atomic mass is 16.5. The van der Waals surface area contributed by atoms with Gasteiger partial charge in [-0.15, -0.1) is 0 Å². The third-order valence-corrected chi connectivity index (χ3v) is 3.41. The first-order valence-corrected chi connectivity index (χ1v) is 7.92. The van der Waals surface area contributed by atoms with Crippen molar-refractivity contribution in [1.82, 2.24) is 5.16 Å². The Bertz CT molecular complexity index is 889. The number of nitrogens with zero attached hydrogens (tertiary/aromatic N) is 1. The van der Waals surface area contributed by atoms with Crippen LogP contribution in [0.15, 0.2) is 65.2 Å². The number of carbonyl (C=O) groups is 2. The lowest BCUT2D eigenvalue weighted by Gasteiger charge is -2.08. The van der Waals surface area contributed by atoms with Crippen LogP contribution in [-0.2, 0) is 4.79 Å². The van der Waals surface area contributed by atoms with Crippen molar-refractivity contribution >= 4 is 23.3 Å². The average Bonchev–Trinajstić information content (AvgIpc) is 3.06. The molecule has 0 saturated carbocycles. The van der Waals surface area contributed by atoms with Gasteiger partial charge in [0, 0.05) is 17.3 Å². The first-order valence-electron chi connectivity index (χ1n) is 7.92. The number of hydrogen-bond acceptors (Lipinski definition) is 5. The number of aromatic nitrogens is 1. The van der Waals surface area contributed by atoms with Crippen LogP contribution in [-0.4, -0.2) is 23.6 Å². The van der Waals surface area contributed by atoms with Gasteiger partial charge in [-0.1, -0.05) is 23.4 Å². The summed E-state index contributed by atoms with van der Waals surface area (Å²) in [6.07, 6.45) is 0. The largest absolute Gasteiger partial charge is 0.484 e. The summed E-state index contributed by atoms with van der Waals surface area (Å²) in [5.41, 5.74) is 1.21. The highest BCUT2D eigenvalue weighted by Gasteiger charge is 2.08. The zero-order chi connectivity index (χ0) is 18.4. The van der Waals surface area contributed by atoms with Crippen molar-refractivity contribution in [3.05, 3.63) is 72.0 Å². The van der Waals surface area contributed by atoms with Crippen molar-refractivity contribution in [2.75, 3.05) is 17.2 Å². The molecule has 132 valence electrons. The summed E-state index contributed by atoms with van der Waals surface area (Å²) in [4.78, 5) is 23.9. The SMILES string of the molecule is Cc1cc(NC(=O)COc2ccc(NC(=O)c3ccccc3)cc2)no1. The lowest BCUT2D eigenvalue weighted by Crippen LogP contribution is -2.20. The van der Waals surface area contributed by atoms with E-state index < -0.39 is 0 Å². The summed E-state index contributed by atoms with van der Waals surface area (Å²) in [6, 6.07) is 17.3. The average molecular weight is 351 g/mol. The quantitative estimate of drug-likeness (QED) is 0.711. The van der Waals surface area contributed by atoms with Crippen molar-refractivity contribution < 1.29 is 18.8 Å². The topological polar surface area (TPSA) is 93.5 Å². The molecule has 1 heterocycles. The Morgan fingerprint density at radius 3 is 2.42 bits per heavy atom. The van der Waals surface area contributed by atoms with E-state index in [1.54, 1.807) is 61.5 Å². The van der Waals surface area contributed by atoms with Crippen LogP contribution >= 0.6 is 0 Å². The lowest BCUT2D eigenvalue weighted by molar-refractivity contribution is -0.118. The van der Waals surface area contributed by atoms with E-state index in [-0.39, 0.29) is 18.4 Å². The molecule has 0 atom stereocenters. The number of amides is 2. The fourth-order valence-electron chi connectivity index (χ4n) is 2.18. The maximum atomic E-state index is 12.1. The van der Waals surface area contributed by atoms with Gasteiger partial charge in [0.1, 0.15) is 11.5 Å². The van der Waals surface area contributed by atoms with Crippen LogP contribution in [0.4, 0.5) is 11.5 Å². The molecule has 0 aliphatic rings. The summed E-state index contributed by atoms with van der Waals surface area (Å²) in [6.45, 7) is 1.57. The molecule has 2 aromatic carbocycles. The van der Waals surface area contributed by atoms with Crippen LogP contribution in [0.5, 0.6) is 5.75 Å². The summed E-state index contributed by atoms with van der Waals surface area (Å²) < 4.78 is 10.3. The third kappa shape index (κ3) is 4.70. The van der Waals surface area contributed by atoms with Crippen LogP contribution in [0.3, 0.4) is 0 Å². The summed E-state index contributed by atoms with van der Waals surface area (Å²) in [5.74, 6) is 0.917. The minimum absolute atomic E-state index is 0.165. The number of anilines is 2. The standard InChI is InChI=1S/C19H17N3O4/c1-13-11-17(22-26-13)21-18(23)12-25-16-9-7-15(8-10-16)20-19(24)14-5-3-2-4-6-14/h2-11H,12H2,1H3,(H,20,24)(H,21,22,23). The van der Waals surface area contributed by atoms with E-state index in [9.17, 15) is 9.59 Å². The Balaban J connectivity index is 1.49. The maximum absolute atomic E-state index is 12.1. The van der Waals surface area contributed by atoms with E-state index in [4.69, 9.17) is 9.26 Å². The summed E-state index contributed by atoms with van der Waals surface area (Å²) >= 11 is 0. The Labute approximate surface area is 150 Å². The van der Waals surface area contributed by atoms with Gasteiger partial charge in [0.15, 0.2) is 12.4 Å².